The summed E-state index contributed by atoms with van der Waals surface area (Å²) in [7, 11) is 1.40. The van der Waals surface area contributed by atoms with Gasteiger partial charge in [-0.2, -0.15) is 0 Å². The molecule has 0 unspecified atom stereocenters. The molecular formula is C15H17NO2. The SMILES string of the molecule is COC(=O)N1C(C)=CC(c2ccccc2)C=C1C. The summed E-state index contributed by atoms with van der Waals surface area (Å²) < 4.78 is 4.78. The van der Waals surface area contributed by atoms with Crippen molar-refractivity contribution in [1.29, 1.82) is 0 Å². The summed E-state index contributed by atoms with van der Waals surface area (Å²) in [5, 5.41) is 0. The average Bonchev–Trinajstić information content (AvgIpc) is 2.38. The van der Waals surface area contributed by atoms with Crippen molar-refractivity contribution in [3.05, 3.63) is 59.4 Å². The van der Waals surface area contributed by atoms with E-state index in [1.807, 2.05) is 32.0 Å². The minimum Gasteiger partial charge on any atom is -0.452 e. The van der Waals surface area contributed by atoms with Crippen LogP contribution in [0, 0.1) is 0 Å². The van der Waals surface area contributed by atoms with Crippen molar-refractivity contribution in [1.82, 2.24) is 4.90 Å². The number of ether oxygens (including phenoxy) is 1. The number of benzene rings is 1. The zero-order valence-corrected chi connectivity index (χ0v) is 10.9. The molecule has 1 aliphatic rings. The van der Waals surface area contributed by atoms with Crippen LogP contribution in [0.15, 0.2) is 53.9 Å². The van der Waals surface area contributed by atoms with Gasteiger partial charge in [-0.25, -0.2) is 4.79 Å². The summed E-state index contributed by atoms with van der Waals surface area (Å²) in [5.41, 5.74) is 3.02. The van der Waals surface area contributed by atoms with Crippen molar-refractivity contribution in [2.45, 2.75) is 19.8 Å². The van der Waals surface area contributed by atoms with Crippen molar-refractivity contribution in [3.8, 4) is 0 Å². The van der Waals surface area contributed by atoms with Gasteiger partial charge in [0.2, 0.25) is 0 Å². The second kappa shape index (κ2) is 5.08. The number of amides is 1. The monoisotopic (exact) mass is 243 g/mol. The normalized spacial score (nSPS) is 16.1. The largest absolute Gasteiger partial charge is 0.452 e. The van der Waals surface area contributed by atoms with Crippen LogP contribution in [0.4, 0.5) is 4.79 Å². The molecule has 1 aromatic rings. The Hall–Kier alpha value is -2.03. The highest BCUT2D eigenvalue weighted by Crippen LogP contribution is 2.30. The maximum atomic E-state index is 11.7. The molecule has 1 aromatic carbocycles. The molecule has 0 bridgehead atoms. The lowest BCUT2D eigenvalue weighted by Crippen LogP contribution is -2.30. The zero-order chi connectivity index (χ0) is 13.1. The number of nitrogens with zero attached hydrogens (tertiary/aromatic N) is 1. The highest BCUT2D eigenvalue weighted by Gasteiger charge is 2.23. The molecule has 1 amide bonds. The number of carbonyl (C=O) groups excluding carboxylic acids is 1. The topological polar surface area (TPSA) is 29.5 Å². The van der Waals surface area contributed by atoms with Gasteiger partial charge in [-0.05, 0) is 19.4 Å². The summed E-state index contributed by atoms with van der Waals surface area (Å²) >= 11 is 0. The van der Waals surface area contributed by atoms with Crippen LogP contribution < -0.4 is 0 Å². The van der Waals surface area contributed by atoms with Crippen LogP contribution in [0.25, 0.3) is 0 Å². The number of hydrogen-bond acceptors (Lipinski definition) is 2. The maximum absolute atomic E-state index is 11.7. The molecule has 94 valence electrons. The molecule has 3 heteroatoms. The Balaban J connectivity index is 2.31. The Kier molecular flexibility index (Phi) is 3.51. The maximum Gasteiger partial charge on any atom is 0.418 e. The van der Waals surface area contributed by atoms with E-state index in [9.17, 15) is 4.79 Å². The molecule has 0 fully saturated rings. The van der Waals surface area contributed by atoms with Crippen molar-refractivity contribution >= 4 is 6.09 Å². The number of hydrogen-bond donors (Lipinski definition) is 0. The summed E-state index contributed by atoms with van der Waals surface area (Å²) in [6.45, 7) is 3.84. The van der Waals surface area contributed by atoms with Gasteiger partial charge in [0.05, 0.1) is 7.11 Å². The quantitative estimate of drug-likeness (QED) is 0.753. The van der Waals surface area contributed by atoms with Gasteiger partial charge >= 0.3 is 6.09 Å². The summed E-state index contributed by atoms with van der Waals surface area (Å²) in [5.74, 6) is 0.215. The molecule has 0 radical (unpaired) electrons. The highest BCUT2D eigenvalue weighted by atomic mass is 16.5. The molecule has 1 heterocycles. The third-order valence-corrected chi connectivity index (χ3v) is 3.09. The van der Waals surface area contributed by atoms with Gasteiger partial charge < -0.3 is 4.74 Å². The second-order valence-electron chi connectivity index (χ2n) is 4.36. The standard InChI is InChI=1S/C15H17NO2/c1-11-9-14(13-7-5-4-6-8-13)10-12(2)16(11)15(17)18-3/h4-10,14H,1-3H3. The van der Waals surface area contributed by atoms with E-state index >= 15 is 0 Å². The van der Waals surface area contributed by atoms with Crippen LogP contribution in [0.5, 0.6) is 0 Å². The van der Waals surface area contributed by atoms with Gasteiger partial charge in [-0.3, -0.25) is 4.90 Å². The average molecular weight is 243 g/mol. The molecule has 0 aromatic heterocycles. The van der Waals surface area contributed by atoms with Crippen molar-refractivity contribution in [2.24, 2.45) is 0 Å². The van der Waals surface area contributed by atoms with Gasteiger partial charge in [0.1, 0.15) is 0 Å². The van der Waals surface area contributed by atoms with Gasteiger partial charge in [0, 0.05) is 17.3 Å². The Morgan fingerprint density at radius 2 is 1.67 bits per heavy atom. The molecular weight excluding hydrogens is 226 g/mol. The molecule has 0 spiro atoms. The molecule has 3 nitrogen and oxygen atoms in total. The minimum absolute atomic E-state index is 0.215. The predicted octanol–water partition coefficient (Wildman–Crippen LogP) is 3.66. The number of allylic oxidation sites excluding steroid dienone is 4. The first-order valence-corrected chi connectivity index (χ1v) is 5.93. The number of methoxy groups -OCH3 is 1. The van der Waals surface area contributed by atoms with Crippen molar-refractivity contribution in [2.75, 3.05) is 7.11 Å². The molecule has 0 atom stereocenters. The van der Waals surface area contributed by atoms with E-state index in [-0.39, 0.29) is 12.0 Å². The van der Waals surface area contributed by atoms with Gasteiger partial charge in [0.25, 0.3) is 0 Å². The third-order valence-electron chi connectivity index (χ3n) is 3.09. The zero-order valence-electron chi connectivity index (χ0n) is 10.9. The smallest absolute Gasteiger partial charge is 0.418 e. The van der Waals surface area contributed by atoms with Crippen LogP contribution in [0.1, 0.15) is 25.3 Å². The van der Waals surface area contributed by atoms with Crippen LogP contribution >= 0.6 is 0 Å². The first-order valence-electron chi connectivity index (χ1n) is 5.93. The fourth-order valence-electron chi connectivity index (χ4n) is 2.24. The number of rotatable bonds is 1. The lowest BCUT2D eigenvalue weighted by molar-refractivity contribution is 0.145. The van der Waals surface area contributed by atoms with E-state index in [2.05, 4.69) is 24.3 Å². The first-order chi connectivity index (χ1) is 8.63. The van der Waals surface area contributed by atoms with Gasteiger partial charge in [-0.15, -0.1) is 0 Å². The summed E-state index contributed by atoms with van der Waals surface area (Å²) in [4.78, 5) is 13.2. The van der Waals surface area contributed by atoms with Gasteiger partial charge in [0.15, 0.2) is 0 Å². The first kappa shape index (κ1) is 12.4. The van der Waals surface area contributed by atoms with Gasteiger partial charge in [-0.1, -0.05) is 42.5 Å². The summed E-state index contributed by atoms with van der Waals surface area (Å²) in [6.07, 6.45) is 3.79. The number of carbonyl (C=O) groups is 1. The molecule has 18 heavy (non-hydrogen) atoms. The lowest BCUT2D eigenvalue weighted by Gasteiger charge is -2.28. The van der Waals surface area contributed by atoms with E-state index in [0.29, 0.717) is 0 Å². The van der Waals surface area contributed by atoms with E-state index in [1.165, 1.54) is 12.7 Å². The molecule has 0 saturated carbocycles. The lowest BCUT2D eigenvalue weighted by atomic mass is 9.94. The van der Waals surface area contributed by atoms with Crippen molar-refractivity contribution in [3.63, 3.8) is 0 Å². The Bertz CT molecular complexity index is 482. The summed E-state index contributed by atoms with van der Waals surface area (Å²) in [6, 6.07) is 10.2. The molecule has 0 N–H and O–H groups in total. The Morgan fingerprint density at radius 3 is 2.17 bits per heavy atom. The van der Waals surface area contributed by atoms with E-state index in [4.69, 9.17) is 4.74 Å². The highest BCUT2D eigenvalue weighted by molar-refractivity contribution is 5.72. The van der Waals surface area contributed by atoms with E-state index in [0.717, 1.165) is 11.4 Å². The van der Waals surface area contributed by atoms with Crippen LogP contribution in [0.2, 0.25) is 0 Å². The molecule has 0 saturated heterocycles. The fraction of sp³-hybridized carbons (Fsp3) is 0.267. The van der Waals surface area contributed by atoms with Crippen molar-refractivity contribution < 1.29 is 9.53 Å². The van der Waals surface area contributed by atoms with Crippen LogP contribution in [-0.2, 0) is 4.74 Å². The Labute approximate surface area is 107 Å². The predicted molar refractivity (Wildman–Crippen MR) is 70.9 cm³/mol. The minimum atomic E-state index is -0.344. The van der Waals surface area contributed by atoms with E-state index < -0.39 is 0 Å². The molecule has 2 rings (SSSR count). The Morgan fingerprint density at radius 1 is 1.11 bits per heavy atom. The molecule has 0 aliphatic carbocycles. The van der Waals surface area contributed by atoms with Crippen LogP contribution in [-0.4, -0.2) is 18.1 Å². The molecule has 1 aliphatic heterocycles. The third kappa shape index (κ3) is 2.30. The second-order valence-corrected chi connectivity index (χ2v) is 4.36. The fourth-order valence-corrected chi connectivity index (χ4v) is 2.24. The van der Waals surface area contributed by atoms with Crippen LogP contribution in [0.3, 0.4) is 0 Å². The van der Waals surface area contributed by atoms with E-state index in [1.54, 1.807) is 4.90 Å².